The second-order valence-corrected chi connectivity index (χ2v) is 4.03. The van der Waals surface area contributed by atoms with E-state index >= 15 is 0 Å². The molecule has 0 saturated heterocycles. The molecule has 1 aromatic rings. The quantitative estimate of drug-likeness (QED) is 0.839. The van der Waals surface area contributed by atoms with Crippen LogP contribution in [0.3, 0.4) is 0 Å². The first-order chi connectivity index (χ1) is 9.29. The van der Waals surface area contributed by atoms with E-state index in [1.165, 1.54) is 18.2 Å². The van der Waals surface area contributed by atoms with Crippen molar-refractivity contribution >= 4 is 12.0 Å². The summed E-state index contributed by atoms with van der Waals surface area (Å²) in [6, 6.07) is 2.49. The first-order valence-corrected chi connectivity index (χ1v) is 5.46. The molecule has 1 heterocycles. The lowest BCUT2D eigenvalue weighted by atomic mass is 9.98. The highest BCUT2D eigenvalue weighted by Gasteiger charge is 2.35. The molecule has 20 heavy (non-hydrogen) atoms. The van der Waals surface area contributed by atoms with Gasteiger partial charge in [-0.2, -0.15) is 13.2 Å². The van der Waals surface area contributed by atoms with Crippen LogP contribution in [0.1, 0.15) is 17.2 Å². The molecule has 2 amide bonds. The van der Waals surface area contributed by atoms with Gasteiger partial charge in [0.2, 0.25) is 0 Å². The molecule has 0 aliphatic carbocycles. The average molecular weight is 285 g/mol. The minimum atomic E-state index is -4.61. The van der Waals surface area contributed by atoms with E-state index in [-0.39, 0.29) is 5.56 Å². The first kappa shape index (κ1) is 13.9. The van der Waals surface area contributed by atoms with Crippen molar-refractivity contribution in [1.82, 2.24) is 10.6 Å². The summed E-state index contributed by atoms with van der Waals surface area (Å²) < 4.78 is 38.6. The highest BCUT2D eigenvalue weighted by Crippen LogP contribution is 2.35. The van der Waals surface area contributed by atoms with Crippen LogP contribution >= 0.6 is 0 Å². The Kier molecular flexibility index (Phi) is 3.39. The van der Waals surface area contributed by atoms with Gasteiger partial charge in [0, 0.05) is 0 Å². The lowest BCUT2D eigenvalue weighted by molar-refractivity contribution is -0.299. The van der Waals surface area contributed by atoms with Crippen LogP contribution in [-0.4, -0.2) is 12.0 Å². The fraction of sp³-hybridized carbons (Fsp3) is 0.167. The number of rotatable bonds is 2. The largest absolute Gasteiger partial charge is 0.543 e. The number of benzene rings is 1. The lowest BCUT2D eigenvalue weighted by Gasteiger charge is -2.26. The molecule has 106 valence electrons. The lowest BCUT2D eigenvalue weighted by Crippen LogP contribution is -2.46. The van der Waals surface area contributed by atoms with E-state index in [9.17, 15) is 27.9 Å². The van der Waals surface area contributed by atoms with Crippen molar-refractivity contribution in [2.45, 2.75) is 12.2 Å². The monoisotopic (exact) mass is 285 g/mol. The molecular weight excluding hydrogens is 277 g/mol. The number of hydrogen-bond donors (Lipinski definition) is 2. The number of carboxylic acid groups (broad SMARTS) is 1. The minimum absolute atomic E-state index is 0.242. The molecule has 2 N–H and O–H groups in total. The van der Waals surface area contributed by atoms with E-state index < -0.39 is 35.5 Å². The van der Waals surface area contributed by atoms with E-state index in [1.807, 2.05) is 5.32 Å². The fourth-order valence-corrected chi connectivity index (χ4v) is 1.86. The summed E-state index contributed by atoms with van der Waals surface area (Å²) in [6.07, 6.45) is -3.65. The van der Waals surface area contributed by atoms with Gasteiger partial charge in [0.15, 0.2) is 0 Å². The molecule has 1 atom stereocenters. The Morgan fingerprint density at radius 3 is 2.50 bits per heavy atom. The highest BCUT2D eigenvalue weighted by molar-refractivity contribution is 5.92. The van der Waals surface area contributed by atoms with Crippen LogP contribution in [0.4, 0.5) is 18.0 Å². The van der Waals surface area contributed by atoms with Crippen molar-refractivity contribution in [2.24, 2.45) is 0 Å². The zero-order valence-corrected chi connectivity index (χ0v) is 9.82. The third kappa shape index (κ3) is 2.73. The molecular formula is C12H8F3N2O3-. The Balaban J connectivity index is 2.49. The molecule has 2 rings (SSSR count). The van der Waals surface area contributed by atoms with Gasteiger partial charge in [-0.15, -0.1) is 0 Å². The molecule has 0 saturated carbocycles. The maximum Gasteiger partial charge on any atom is 0.416 e. The third-order valence-corrected chi connectivity index (χ3v) is 2.69. The molecule has 1 aliphatic heterocycles. The Bertz CT molecular complexity index is 596. The van der Waals surface area contributed by atoms with Gasteiger partial charge in [-0.1, -0.05) is 18.2 Å². The number of aliphatic carboxylic acids is 1. The van der Waals surface area contributed by atoms with Gasteiger partial charge in [-0.05, 0) is 17.7 Å². The zero-order chi connectivity index (χ0) is 14.9. The van der Waals surface area contributed by atoms with Crippen LogP contribution in [-0.2, 0) is 11.0 Å². The summed E-state index contributed by atoms with van der Waals surface area (Å²) in [4.78, 5) is 22.0. The van der Waals surface area contributed by atoms with Crippen molar-refractivity contribution in [3.63, 3.8) is 0 Å². The third-order valence-electron chi connectivity index (χ3n) is 2.69. The average Bonchev–Trinajstić information content (AvgIpc) is 2.37. The Morgan fingerprint density at radius 2 is 1.90 bits per heavy atom. The normalized spacial score (nSPS) is 18.9. The minimum Gasteiger partial charge on any atom is -0.543 e. The van der Waals surface area contributed by atoms with Crippen LogP contribution in [0.5, 0.6) is 0 Å². The van der Waals surface area contributed by atoms with E-state index in [1.54, 1.807) is 0 Å². The maximum absolute atomic E-state index is 12.9. The van der Waals surface area contributed by atoms with Crippen molar-refractivity contribution < 1.29 is 27.9 Å². The van der Waals surface area contributed by atoms with Crippen LogP contribution in [0.15, 0.2) is 36.0 Å². The van der Waals surface area contributed by atoms with E-state index in [2.05, 4.69) is 5.32 Å². The van der Waals surface area contributed by atoms with Gasteiger partial charge < -0.3 is 20.5 Å². The standard InChI is InChI=1S/C12H9F3N2O3/c13-12(14,15)7-4-2-1-3-6(7)8-5-9(10(18)19)17-11(20)16-8/h1-5,8H,(H,18,19)(H2,16,17,20)/p-1/t8-/m1/s1. The number of carbonyl (C=O) groups excluding carboxylic acids is 2. The molecule has 0 radical (unpaired) electrons. The molecule has 0 fully saturated rings. The molecule has 0 unspecified atom stereocenters. The molecule has 5 nitrogen and oxygen atoms in total. The predicted molar refractivity (Wildman–Crippen MR) is 58.9 cm³/mol. The second kappa shape index (κ2) is 4.87. The summed E-state index contributed by atoms with van der Waals surface area (Å²) in [5.74, 6) is -1.67. The number of carbonyl (C=O) groups is 2. The van der Waals surface area contributed by atoms with Gasteiger partial charge in [-0.3, -0.25) is 0 Å². The SMILES string of the molecule is O=C1NC(C(=O)[O-])=C[C@H](c2ccccc2C(F)(F)F)N1. The van der Waals surface area contributed by atoms with E-state index in [4.69, 9.17) is 0 Å². The van der Waals surface area contributed by atoms with Gasteiger partial charge in [0.1, 0.15) is 0 Å². The number of alkyl halides is 3. The Morgan fingerprint density at radius 1 is 1.25 bits per heavy atom. The molecule has 0 aromatic heterocycles. The Hall–Kier alpha value is -2.51. The molecule has 1 aromatic carbocycles. The van der Waals surface area contributed by atoms with Crippen LogP contribution in [0.25, 0.3) is 0 Å². The summed E-state index contributed by atoms with van der Waals surface area (Å²) in [6.45, 7) is 0. The highest BCUT2D eigenvalue weighted by atomic mass is 19.4. The molecule has 1 aliphatic rings. The van der Waals surface area contributed by atoms with Gasteiger partial charge in [-0.25, -0.2) is 4.79 Å². The van der Waals surface area contributed by atoms with Gasteiger partial charge in [0.05, 0.1) is 23.3 Å². The number of hydrogen-bond acceptors (Lipinski definition) is 3. The van der Waals surface area contributed by atoms with Crippen LogP contribution in [0.2, 0.25) is 0 Å². The van der Waals surface area contributed by atoms with Crippen molar-refractivity contribution in [3.05, 3.63) is 47.2 Å². The predicted octanol–water partition coefficient (Wildman–Crippen LogP) is 0.693. The zero-order valence-electron chi connectivity index (χ0n) is 9.82. The number of nitrogens with one attached hydrogen (secondary N) is 2. The summed E-state index contributed by atoms with van der Waals surface area (Å²) in [5.41, 5.74) is -1.76. The maximum atomic E-state index is 12.9. The first-order valence-electron chi connectivity index (χ1n) is 5.46. The topological polar surface area (TPSA) is 81.3 Å². The van der Waals surface area contributed by atoms with Gasteiger partial charge in [0.25, 0.3) is 0 Å². The number of amides is 2. The number of carboxylic acids is 1. The van der Waals surface area contributed by atoms with Gasteiger partial charge >= 0.3 is 12.2 Å². The smallest absolute Gasteiger partial charge is 0.416 e. The van der Waals surface area contributed by atoms with Crippen molar-refractivity contribution in [3.8, 4) is 0 Å². The van der Waals surface area contributed by atoms with E-state index in [0.29, 0.717) is 0 Å². The summed E-state index contributed by atoms with van der Waals surface area (Å²) >= 11 is 0. The Labute approximate surface area is 111 Å². The molecule has 0 spiro atoms. The fourth-order valence-electron chi connectivity index (χ4n) is 1.86. The van der Waals surface area contributed by atoms with E-state index in [0.717, 1.165) is 12.1 Å². The van der Waals surface area contributed by atoms with Crippen LogP contribution in [0, 0.1) is 0 Å². The second-order valence-electron chi connectivity index (χ2n) is 4.03. The summed E-state index contributed by atoms with van der Waals surface area (Å²) in [5, 5.41) is 14.9. The van der Waals surface area contributed by atoms with Crippen LogP contribution < -0.4 is 15.7 Å². The van der Waals surface area contributed by atoms with Crippen molar-refractivity contribution in [1.29, 1.82) is 0 Å². The number of urea groups is 1. The summed E-state index contributed by atoms with van der Waals surface area (Å²) in [7, 11) is 0. The molecule has 0 bridgehead atoms. The van der Waals surface area contributed by atoms with Crippen molar-refractivity contribution in [2.75, 3.05) is 0 Å². The molecule has 8 heteroatoms. The number of halogens is 3.